The van der Waals surface area contributed by atoms with E-state index in [4.69, 9.17) is 0 Å². The fourth-order valence-electron chi connectivity index (χ4n) is 3.33. The van der Waals surface area contributed by atoms with Crippen LogP contribution in [-0.2, 0) is 54.5 Å². The number of rotatable bonds is 16. The molecule has 1 fully saturated rings. The van der Waals surface area contributed by atoms with Crippen molar-refractivity contribution >= 4 is 62.4 Å². The smallest absolute Gasteiger partial charge is 0.470 e. The molecular formula is C8H16O28P8-8. The molecule has 1 aliphatic rings. The van der Waals surface area contributed by atoms with Crippen molar-refractivity contribution in [3.8, 4) is 0 Å². The summed E-state index contributed by atoms with van der Waals surface area (Å²) in [4.78, 5) is 169. The van der Waals surface area contributed by atoms with Crippen molar-refractivity contribution in [3.05, 3.63) is 0 Å². The number of phosphoric acid groups is 4. The minimum Gasteiger partial charge on any atom is -0.790 e. The van der Waals surface area contributed by atoms with Crippen LogP contribution in [0.2, 0.25) is 0 Å². The molecule has 264 valence electrons. The van der Waals surface area contributed by atoms with Gasteiger partial charge in [-0.15, -0.1) is 0 Å². The summed E-state index contributed by atoms with van der Waals surface area (Å²) in [6.07, 6.45) is -21.4. The summed E-state index contributed by atoms with van der Waals surface area (Å²) in [6.45, 7) is 0. The van der Waals surface area contributed by atoms with Crippen molar-refractivity contribution in [2.24, 2.45) is 0 Å². The van der Waals surface area contributed by atoms with Crippen LogP contribution in [0, 0.1) is 0 Å². The van der Waals surface area contributed by atoms with Gasteiger partial charge in [-0.2, -0.15) is 15.9 Å². The van der Waals surface area contributed by atoms with Crippen molar-refractivity contribution in [2.75, 3.05) is 11.8 Å². The van der Waals surface area contributed by atoms with E-state index in [0.29, 0.717) is 0 Å². The van der Waals surface area contributed by atoms with Gasteiger partial charge in [-0.1, -0.05) is 0 Å². The Morgan fingerprint density at radius 2 is 0.636 bits per heavy atom. The number of phosphoric ester groups is 4. The average Bonchev–Trinajstić information content (AvgIpc) is 2.62. The summed E-state index contributed by atoms with van der Waals surface area (Å²) in [7, 11) is -51.2. The zero-order valence-corrected chi connectivity index (χ0v) is 27.3. The van der Waals surface area contributed by atoms with Crippen LogP contribution in [0.1, 0.15) is 0 Å². The summed E-state index contributed by atoms with van der Waals surface area (Å²) < 4.78 is 95.1. The van der Waals surface area contributed by atoms with E-state index in [9.17, 15) is 106 Å². The van der Waals surface area contributed by atoms with Crippen LogP contribution in [-0.4, -0.2) is 77.8 Å². The lowest BCUT2D eigenvalue weighted by Crippen LogP contribution is -2.67. The van der Waals surface area contributed by atoms with Crippen LogP contribution in [0.4, 0.5) is 0 Å². The maximum Gasteiger partial charge on any atom is 0.470 e. The van der Waals surface area contributed by atoms with Crippen molar-refractivity contribution in [3.63, 3.8) is 0 Å². The van der Waals surface area contributed by atoms with E-state index < -0.39 is 111 Å². The molecule has 6 N–H and O–H groups in total. The lowest BCUT2D eigenvalue weighted by atomic mass is 9.85. The Morgan fingerprint density at radius 1 is 0.432 bits per heavy atom. The maximum absolute atomic E-state index is 12.3. The Labute approximate surface area is 243 Å². The van der Waals surface area contributed by atoms with Crippen LogP contribution < -0.4 is 48.9 Å². The minimum atomic E-state index is -6.83. The highest BCUT2D eigenvalue weighted by atomic mass is 31.3. The second-order valence-corrected chi connectivity index (χ2v) is 20.3. The predicted molar refractivity (Wildman–Crippen MR) is 112 cm³/mol. The van der Waals surface area contributed by atoms with Crippen LogP contribution in [0.15, 0.2) is 0 Å². The van der Waals surface area contributed by atoms with Crippen LogP contribution in [0.25, 0.3) is 0 Å². The van der Waals surface area contributed by atoms with Crippen LogP contribution in [0.5, 0.6) is 0 Å². The summed E-state index contributed by atoms with van der Waals surface area (Å²) in [5.41, 5.74) is 0. The molecule has 36 heteroatoms. The molecule has 0 aromatic rings. The minimum absolute atomic E-state index is 2.63. The van der Waals surface area contributed by atoms with E-state index in [0.717, 1.165) is 0 Å². The SMILES string of the molecule is O=P([O-])([O-])OC1[C@@H](OP(=O)([O-])C[P+]([O-])([O-])[O-])[C@H](OP(=O)(O)O)C(OP(=O)(O)O)[C@@H](OP(=O)(O)O)[C@H]1OP(=O)([O-])C[P+]([O-])([O-])[O-]. The van der Waals surface area contributed by atoms with Gasteiger partial charge >= 0.3 is 23.5 Å². The average molecular weight is 808 g/mol. The van der Waals surface area contributed by atoms with E-state index in [1.54, 1.807) is 0 Å². The molecule has 4 unspecified atom stereocenters. The topological polar surface area (TPSA) is 510 Å². The van der Waals surface area contributed by atoms with Gasteiger partial charge in [0.25, 0.3) is 0 Å². The molecule has 1 aliphatic carbocycles. The van der Waals surface area contributed by atoms with Crippen molar-refractivity contribution in [1.82, 2.24) is 0 Å². The van der Waals surface area contributed by atoms with Crippen molar-refractivity contribution in [2.45, 2.75) is 36.6 Å². The largest absolute Gasteiger partial charge is 0.790 e. The fraction of sp³-hybridized carbons (Fsp3) is 1.00. The zero-order valence-electron chi connectivity index (χ0n) is 20.1. The standard InChI is InChI=1S/C8H24O28P8/c9-37(10,11)1-39(15,16)31-3-5(33-41(19,20)21)4(32-40(17,18)2-38(12,13)14)7(35-43(25,26)27)8(36-44(28,29)30)6(3)34-42(22,23)24/h3-8H,1-2H2,(H,15,16)(H,17,18)(H2,9,10,11)(H2,12,13,14)(H2,19,20,21)(H2,22,23,24)(H2,25,26,27)(H2,28,29,30)/p-8/t3-,4+,5?,6-,7-,8?/m0/s1. The third-order valence-electron chi connectivity index (χ3n) is 4.23. The molecule has 1 saturated carbocycles. The Bertz CT molecular complexity index is 1200. The number of hydrogen-bond acceptors (Lipinski definition) is 22. The van der Waals surface area contributed by atoms with Gasteiger partial charge in [0.15, 0.2) is 15.2 Å². The third kappa shape index (κ3) is 17.1. The lowest BCUT2D eigenvalue weighted by Gasteiger charge is -2.54. The first kappa shape index (κ1) is 43.4. The fourth-order valence-corrected chi connectivity index (χ4v) is 10.7. The lowest BCUT2D eigenvalue weighted by molar-refractivity contribution is -0.428. The molecule has 1 rings (SSSR count). The van der Waals surface area contributed by atoms with Gasteiger partial charge in [0.2, 0.25) is 0 Å². The second-order valence-electron chi connectivity index (χ2n) is 8.07. The van der Waals surface area contributed by atoms with Gasteiger partial charge in [-0.3, -0.25) is 13.6 Å². The van der Waals surface area contributed by atoms with Crippen molar-refractivity contribution < 1.29 is 133 Å². The normalized spacial score (nSPS) is 29.2. The summed E-state index contributed by atoms with van der Waals surface area (Å²) in [6, 6.07) is 0. The van der Waals surface area contributed by atoms with Crippen molar-refractivity contribution in [1.29, 1.82) is 0 Å². The van der Waals surface area contributed by atoms with Crippen LogP contribution >= 0.6 is 62.4 Å². The van der Waals surface area contributed by atoms with Gasteiger partial charge in [-0.05, 0) is 0 Å². The Morgan fingerprint density at radius 3 is 0.818 bits per heavy atom. The van der Waals surface area contributed by atoms with Gasteiger partial charge < -0.3 is 106 Å². The highest BCUT2D eigenvalue weighted by Crippen LogP contribution is 2.59. The molecule has 0 heterocycles. The Balaban J connectivity index is 4.21. The molecule has 0 aromatic carbocycles. The molecule has 0 amide bonds. The highest BCUT2D eigenvalue weighted by Gasteiger charge is 2.61. The zero-order chi connectivity index (χ0) is 35.1. The van der Waals surface area contributed by atoms with E-state index >= 15 is 0 Å². The number of hydrogen-bond donors (Lipinski definition) is 6. The quantitative estimate of drug-likeness (QED) is 0.0788. The van der Waals surface area contributed by atoms with E-state index in [1.165, 1.54) is 0 Å². The first-order chi connectivity index (χ1) is 19.0. The van der Waals surface area contributed by atoms with Gasteiger partial charge in [0.1, 0.15) is 48.4 Å². The Hall–Kier alpha value is 1.36. The third-order valence-corrected chi connectivity index (χ3v) is 13.0. The van der Waals surface area contributed by atoms with E-state index in [2.05, 4.69) is 27.1 Å². The molecule has 0 radical (unpaired) electrons. The van der Waals surface area contributed by atoms with E-state index in [-0.39, 0.29) is 0 Å². The molecule has 8 atom stereocenters. The molecule has 0 aromatic heterocycles. The molecule has 0 bridgehead atoms. The molecular weight excluding hydrogens is 792 g/mol. The predicted octanol–water partition coefficient (Wildman–Crippen LogP) is -9.87. The Kier molecular flexibility index (Phi) is 14.5. The highest BCUT2D eigenvalue weighted by molar-refractivity contribution is 7.71. The maximum atomic E-state index is 12.3. The molecule has 0 saturated heterocycles. The first-order valence-corrected chi connectivity index (χ1v) is 22.9. The molecule has 0 aliphatic heterocycles. The van der Waals surface area contributed by atoms with Gasteiger partial charge in [-0.25, -0.2) is 13.7 Å². The van der Waals surface area contributed by atoms with Gasteiger partial charge in [0, 0.05) is 0 Å². The summed E-state index contributed by atoms with van der Waals surface area (Å²) in [5.74, 6) is -5.27. The van der Waals surface area contributed by atoms with Gasteiger partial charge in [0.05, 0.1) is 7.82 Å². The van der Waals surface area contributed by atoms with E-state index in [1.807, 2.05) is 0 Å². The van der Waals surface area contributed by atoms with Crippen LogP contribution in [0.3, 0.4) is 0 Å². The first-order valence-electron chi connectivity index (χ1n) is 9.90. The second kappa shape index (κ2) is 14.7. The monoisotopic (exact) mass is 808 g/mol. The molecule has 0 spiro atoms. The molecule has 44 heavy (non-hydrogen) atoms. The molecule has 28 nitrogen and oxygen atoms in total. The summed E-state index contributed by atoms with van der Waals surface area (Å²) in [5, 5.41) is 0. The summed E-state index contributed by atoms with van der Waals surface area (Å²) >= 11 is 0.